The zero-order valence-corrected chi connectivity index (χ0v) is 11.5. The number of nitrogens with two attached hydrogens (primary N) is 1. The van der Waals surface area contributed by atoms with Crippen molar-refractivity contribution in [2.24, 2.45) is 0 Å². The average molecular weight is 270 g/mol. The third-order valence-electron chi connectivity index (χ3n) is 3.55. The highest BCUT2D eigenvalue weighted by molar-refractivity contribution is 5.63. The maximum atomic E-state index is 5.98. The summed E-state index contributed by atoms with van der Waals surface area (Å²) in [6.07, 6.45) is 5.25. The number of rotatable bonds is 2. The summed E-state index contributed by atoms with van der Waals surface area (Å²) in [5, 5.41) is 0. The van der Waals surface area contributed by atoms with E-state index >= 15 is 0 Å². The van der Waals surface area contributed by atoms with Gasteiger partial charge in [-0.1, -0.05) is 0 Å². The number of piperazine rings is 1. The zero-order valence-electron chi connectivity index (χ0n) is 11.5. The van der Waals surface area contributed by atoms with Crippen LogP contribution in [0.1, 0.15) is 5.69 Å². The first-order chi connectivity index (χ1) is 9.75. The number of hydrogen-bond donors (Lipinski definition) is 1. The van der Waals surface area contributed by atoms with Crippen molar-refractivity contribution in [2.75, 3.05) is 41.7 Å². The molecule has 0 atom stereocenters. The Morgan fingerprint density at radius 3 is 2.15 bits per heavy atom. The molecule has 0 unspecified atom stereocenters. The average Bonchev–Trinajstić information content (AvgIpc) is 2.49. The number of hydrogen-bond acceptors (Lipinski definition) is 6. The molecule has 0 aliphatic carbocycles. The molecular weight excluding hydrogens is 252 g/mol. The molecular formula is C14H18N6. The minimum atomic E-state index is 0.733. The summed E-state index contributed by atoms with van der Waals surface area (Å²) < 4.78 is 0. The van der Waals surface area contributed by atoms with Crippen LogP contribution >= 0.6 is 0 Å². The fraction of sp³-hybridized carbons (Fsp3) is 0.357. The molecule has 6 nitrogen and oxygen atoms in total. The van der Waals surface area contributed by atoms with E-state index in [1.54, 1.807) is 18.6 Å². The normalized spacial score (nSPS) is 15.4. The van der Waals surface area contributed by atoms with E-state index < -0.39 is 0 Å². The molecule has 2 aromatic rings. The van der Waals surface area contributed by atoms with Crippen LogP contribution in [0.3, 0.4) is 0 Å². The summed E-state index contributed by atoms with van der Waals surface area (Å²) in [6.45, 7) is 5.56. The van der Waals surface area contributed by atoms with Gasteiger partial charge in [0.1, 0.15) is 5.82 Å². The predicted octanol–water partition coefficient (Wildman–Crippen LogP) is 1.09. The Hall–Kier alpha value is -2.37. The van der Waals surface area contributed by atoms with Crippen molar-refractivity contribution in [3.8, 4) is 0 Å². The molecule has 2 aromatic heterocycles. The molecule has 3 rings (SSSR count). The van der Waals surface area contributed by atoms with Crippen molar-refractivity contribution >= 4 is 17.3 Å². The maximum Gasteiger partial charge on any atom is 0.151 e. The fourth-order valence-electron chi connectivity index (χ4n) is 2.51. The van der Waals surface area contributed by atoms with Gasteiger partial charge in [-0.2, -0.15) is 0 Å². The number of nitrogens with zero attached hydrogens (tertiary/aromatic N) is 5. The summed E-state index contributed by atoms with van der Waals surface area (Å²) in [7, 11) is 0. The lowest BCUT2D eigenvalue weighted by molar-refractivity contribution is 0.639. The molecule has 1 aliphatic heterocycles. The van der Waals surface area contributed by atoms with Crippen molar-refractivity contribution in [2.45, 2.75) is 6.92 Å². The van der Waals surface area contributed by atoms with Gasteiger partial charge in [0.15, 0.2) is 5.82 Å². The van der Waals surface area contributed by atoms with Crippen molar-refractivity contribution in [1.82, 2.24) is 15.0 Å². The van der Waals surface area contributed by atoms with Crippen LogP contribution in [-0.2, 0) is 0 Å². The SMILES string of the molecule is Cc1nccnc1N1CCN(c2ncccc2N)CC1. The molecule has 3 heterocycles. The Labute approximate surface area is 118 Å². The van der Waals surface area contributed by atoms with Gasteiger partial charge < -0.3 is 15.5 Å². The first-order valence-corrected chi connectivity index (χ1v) is 6.73. The van der Waals surface area contributed by atoms with E-state index in [1.165, 1.54) is 0 Å². The minimum Gasteiger partial charge on any atom is -0.396 e. The van der Waals surface area contributed by atoms with Crippen LogP contribution in [0.5, 0.6) is 0 Å². The van der Waals surface area contributed by atoms with Crippen LogP contribution in [0.2, 0.25) is 0 Å². The summed E-state index contributed by atoms with van der Waals surface area (Å²) in [5.74, 6) is 1.85. The zero-order chi connectivity index (χ0) is 13.9. The Kier molecular flexibility index (Phi) is 3.37. The second kappa shape index (κ2) is 5.32. The molecule has 1 aliphatic rings. The van der Waals surface area contributed by atoms with Crippen LogP contribution in [0, 0.1) is 6.92 Å². The maximum absolute atomic E-state index is 5.98. The van der Waals surface area contributed by atoms with Crippen LogP contribution < -0.4 is 15.5 Å². The van der Waals surface area contributed by atoms with Gasteiger partial charge in [0, 0.05) is 44.8 Å². The molecule has 2 N–H and O–H groups in total. The lowest BCUT2D eigenvalue weighted by Crippen LogP contribution is -2.47. The molecule has 1 saturated heterocycles. The lowest BCUT2D eigenvalue weighted by Gasteiger charge is -2.36. The quantitative estimate of drug-likeness (QED) is 0.880. The lowest BCUT2D eigenvalue weighted by atomic mass is 10.2. The van der Waals surface area contributed by atoms with Gasteiger partial charge in [-0.15, -0.1) is 0 Å². The molecule has 0 aromatic carbocycles. The number of aromatic nitrogens is 3. The summed E-state index contributed by atoms with van der Waals surface area (Å²) in [4.78, 5) is 17.6. The van der Waals surface area contributed by atoms with E-state index in [9.17, 15) is 0 Å². The van der Waals surface area contributed by atoms with E-state index in [4.69, 9.17) is 5.73 Å². The monoisotopic (exact) mass is 270 g/mol. The van der Waals surface area contributed by atoms with Crippen molar-refractivity contribution in [3.05, 3.63) is 36.4 Å². The molecule has 104 valence electrons. The van der Waals surface area contributed by atoms with Crippen LogP contribution in [-0.4, -0.2) is 41.1 Å². The number of pyridine rings is 1. The van der Waals surface area contributed by atoms with E-state index in [-0.39, 0.29) is 0 Å². The molecule has 0 bridgehead atoms. The van der Waals surface area contributed by atoms with Crippen molar-refractivity contribution in [3.63, 3.8) is 0 Å². The van der Waals surface area contributed by atoms with E-state index in [0.29, 0.717) is 0 Å². The highest BCUT2D eigenvalue weighted by atomic mass is 15.3. The summed E-state index contributed by atoms with van der Waals surface area (Å²) >= 11 is 0. The van der Waals surface area contributed by atoms with Crippen molar-refractivity contribution in [1.29, 1.82) is 0 Å². The number of nitrogen functional groups attached to an aromatic ring is 1. The summed E-state index contributed by atoms with van der Waals surface area (Å²) in [5.41, 5.74) is 7.68. The largest absolute Gasteiger partial charge is 0.396 e. The molecule has 0 radical (unpaired) electrons. The van der Waals surface area contributed by atoms with Crippen LogP contribution in [0.4, 0.5) is 17.3 Å². The highest BCUT2D eigenvalue weighted by Gasteiger charge is 2.21. The Balaban J connectivity index is 1.72. The van der Waals surface area contributed by atoms with Gasteiger partial charge in [0.25, 0.3) is 0 Å². The first kappa shape index (κ1) is 12.7. The Morgan fingerprint density at radius 1 is 0.900 bits per heavy atom. The minimum absolute atomic E-state index is 0.733. The molecule has 6 heteroatoms. The molecule has 0 saturated carbocycles. The van der Waals surface area contributed by atoms with Gasteiger partial charge in [-0.3, -0.25) is 4.98 Å². The van der Waals surface area contributed by atoms with E-state index in [2.05, 4.69) is 24.8 Å². The van der Waals surface area contributed by atoms with Crippen LogP contribution in [0.25, 0.3) is 0 Å². The molecule has 0 spiro atoms. The second-order valence-corrected chi connectivity index (χ2v) is 4.86. The third kappa shape index (κ3) is 2.36. The fourth-order valence-corrected chi connectivity index (χ4v) is 2.51. The van der Waals surface area contributed by atoms with E-state index in [0.717, 1.165) is 49.2 Å². The summed E-state index contributed by atoms with van der Waals surface area (Å²) in [6, 6.07) is 3.75. The smallest absolute Gasteiger partial charge is 0.151 e. The Morgan fingerprint density at radius 2 is 1.50 bits per heavy atom. The third-order valence-corrected chi connectivity index (χ3v) is 3.55. The predicted molar refractivity (Wildman–Crippen MR) is 79.8 cm³/mol. The van der Waals surface area contributed by atoms with Crippen LogP contribution in [0.15, 0.2) is 30.7 Å². The van der Waals surface area contributed by atoms with Gasteiger partial charge in [0.05, 0.1) is 11.4 Å². The Bertz CT molecular complexity index is 538. The first-order valence-electron chi connectivity index (χ1n) is 6.73. The number of anilines is 3. The molecule has 1 fully saturated rings. The highest BCUT2D eigenvalue weighted by Crippen LogP contribution is 2.22. The van der Waals surface area contributed by atoms with E-state index in [1.807, 2.05) is 19.1 Å². The van der Waals surface area contributed by atoms with Gasteiger partial charge in [-0.25, -0.2) is 9.97 Å². The van der Waals surface area contributed by atoms with Gasteiger partial charge >= 0.3 is 0 Å². The molecule has 0 amide bonds. The second-order valence-electron chi connectivity index (χ2n) is 4.86. The molecule has 20 heavy (non-hydrogen) atoms. The van der Waals surface area contributed by atoms with Gasteiger partial charge in [-0.05, 0) is 19.1 Å². The van der Waals surface area contributed by atoms with Crippen molar-refractivity contribution < 1.29 is 0 Å². The standard InChI is InChI=1S/C14H18N6/c1-11-13(18-6-5-16-11)19-7-9-20(10-8-19)14-12(15)3-2-4-17-14/h2-6H,7-10,15H2,1H3. The number of aryl methyl sites for hydroxylation is 1. The topological polar surface area (TPSA) is 71.2 Å². The van der Waals surface area contributed by atoms with Gasteiger partial charge in [0.2, 0.25) is 0 Å².